The molecule has 0 saturated carbocycles. The quantitative estimate of drug-likeness (QED) is 0.0184. The summed E-state index contributed by atoms with van der Waals surface area (Å²) < 4.78 is 14.3. The highest BCUT2D eigenvalue weighted by Crippen LogP contribution is 2.35. The van der Waals surface area contributed by atoms with Crippen molar-refractivity contribution in [2.75, 3.05) is 59.2 Å². The summed E-state index contributed by atoms with van der Waals surface area (Å²) in [5, 5.41) is 31.9. The van der Waals surface area contributed by atoms with Gasteiger partial charge in [-0.15, -0.1) is 0 Å². The van der Waals surface area contributed by atoms with Crippen LogP contribution in [0.1, 0.15) is 110 Å². The summed E-state index contributed by atoms with van der Waals surface area (Å²) >= 11 is 37.8. The number of nitrogens with zero attached hydrogens (tertiary/aromatic N) is 4. The molecule has 2 heterocycles. The number of amides is 7. The van der Waals surface area contributed by atoms with E-state index in [9.17, 15) is 33.6 Å². The van der Waals surface area contributed by atoms with E-state index in [4.69, 9.17) is 79.1 Å². The van der Waals surface area contributed by atoms with Crippen LogP contribution in [0.5, 0.6) is 0 Å². The molecule has 6 rings (SSSR count). The van der Waals surface area contributed by atoms with Gasteiger partial charge in [0, 0.05) is 88.9 Å². The van der Waals surface area contributed by atoms with Crippen LogP contribution in [0.15, 0.2) is 84.9 Å². The molecule has 26 heteroatoms. The summed E-state index contributed by atoms with van der Waals surface area (Å²) in [5.41, 5.74) is 5.80. The predicted molar refractivity (Wildman–Crippen MR) is 344 cm³/mol. The van der Waals surface area contributed by atoms with Gasteiger partial charge in [-0.25, -0.2) is 9.36 Å². The number of ether oxygens (including phenoxy) is 2. The molecule has 2 aromatic heterocycles. The van der Waals surface area contributed by atoms with Crippen LogP contribution < -0.4 is 37.2 Å². The zero-order valence-electron chi connectivity index (χ0n) is 49.4. The molecule has 20 nitrogen and oxygen atoms in total. The number of rotatable bonds is 35. The molecule has 6 aromatic rings. The molecule has 0 aliphatic heterocycles. The summed E-state index contributed by atoms with van der Waals surface area (Å²) in [4.78, 5) is 89.4. The normalized spacial score (nSPS) is 11.8. The third kappa shape index (κ3) is 21.8. The Morgan fingerprint density at radius 3 is 1.27 bits per heavy atom. The summed E-state index contributed by atoms with van der Waals surface area (Å²) in [7, 11) is 0. The van der Waals surface area contributed by atoms with E-state index in [0.717, 1.165) is 24.0 Å². The molecule has 4 aromatic carbocycles. The number of carbonyl (C=O) groups is 7. The number of halogens is 6. The number of carbonyl (C=O) groups excluding carboxylic acids is 7. The number of hydrogen-bond acceptors (Lipinski definition) is 11. The maximum absolute atomic E-state index is 13.4. The zero-order valence-corrected chi connectivity index (χ0v) is 53.9. The Bertz CT molecular complexity index is 3360. The first-order valence-electron chi connectivity index (χ1n) is 28.9. The minimum atomic E-state index is -0.784. The van der Waals surface area contributed by atoms with E-state index in [1.54, 1.807) is 77.0 Å². The molecule has 0 radical (unpaired) electrons. The van der Waals surface area contributed by atoms with E-state index >= 15 is 0 Å². The van der Waals surface area contributed by atoms with Gasteiger partial charge >= 0.3 is 0 Å². The average Bonchev–Trinajstić information content (AvgIpc) is 2.92. The second kappa shape index (κ2) is 36.0. The first-order valence-corrected chi connectivity index (χ1v) is 31.2. The Kier molecular flexibility index (Phi) is 28.8. The van der Waals surface area contributed by atoms with Crippen LogP contribution in [0.2, 0.25) is 30.1 Å². The molecule has 0 unspecified atom stereocenters. The number of benzene rings is 4. The molecule has 0 saturated heterocycles. The summed E-state index contributed by atoms with van der Waals surface area (Å²) in [6.07, 6.45) is 5.77. The van der Waals surface area contributed by atoms with Crippen molar-refractivity contribution in [3.05, 3.63) is 138 Å². The fourth-order valence-corrected chi connectivity index (χ4v) is 10.7. The van der Waals surface area contributed by atoms with E-state index in [-0.39, 0.29) is 86.3 Å². The number of nitrogens with one attached hydrogen (secondary N) is 7. The van der Waals surface area contributed by atoms with E-state index < -0.39 is 18.0 Å². The molecular weight excluding hydrogens is 1260 g/mol. The second-order valence-corrected chi connectivity index (χ2v) is 23.3. The van der Waals surface area contributed by atoms with Gasteiger partial charge < -0.3 is 46.7 Å². The van der Waals surface area contributed by atoms with Gasteiger partial charge in [0.05, 0.1) is 52.6 Å². The van der Waals surface area contributed by atoms with Crippen LogP contribution in [-0.2, 0) is 33.4 Å². The molecule has 7 N–H and O–H groups in total. The molecule has 0 aliphatic carbocycles. The molecule has 2 atom stereocenters. The lowest BCUT2D eigenvalue weighted by Crippen LogP contribution is -2.47. The van der Waals surface area contributed by atoms with Crippen molar-refractivity contribution in [2.24, 2.45) is 0 Å². The largest absolute Gasteiger partial charge is 0.377 e. The topological polar surface area (TPSA) is 258 Å². The van der Waals surface area contributed by atoms with E-state index in [1.807, 2.05) is 31.2 Å². The zero-order chi connectivity index (χ0) is 63.7. The lowest BCUT2D eigenvalue weighted by molar-refractivity contribution is -0.128. The maximum atomic E-state index is 13.4. The minimum Gasteiger partial charge on any atom is -0.377 e. The van der Waals surface area contributed by atoms with Crippen molar-refractivity contribution < 1.29 is 43.0 Å². The van der Waals surface area contributed by atoms with Crippen molar-refractivity contribution in [3.63, 3.8) is 0 Å². The molecule has 472 valence electrons. The molecule has 0 fully saturated rings. The van der Waals surface area contributed by atoms with Gasteiger partial charge in [-0.3, -0.25) is 33.6 Å². The van der Waals surface area contributed by atoms with Gasteiger partial charge in [0.15, 0.2) is 11.4 Å². The lowest BCUT2D eigenvalue weighted by Gasteiger charge is -2.19. The highest BCUT2D eigenvalue weighted by atomic mass is 35.5. The van der Waals surface area contributed by atoms with Gasteiger partial charge in [-0.2, -0.15) is 10.2 Å². The lowest BCUT2D eigenvalue weighted by atomic mass is 10.1. The second-order valence-electron chi connectivity index (χ2n) is 20.7. The Morgan fingerprint density at radius 1 is 0.455 bits per heavy atom. The maximum Gasteiger partial charge on any atom is 0.272 e. The fraction of sp³-hybridized carbons (Fsp3) is 0.403. The highest BCUT2D eigenvalue weighted by molar-refractivity contribution is 6.36. The summed E-state index contributed by atoms with van der Waals surface area (Å²) in [6.45, 7) is 8.25. The Hall–Kier alpha value is -6.75. The minimum absolute atomic E-state index is 0.140. The van der Waals surface area contributed by atoms with E-state index in [1.165, 1.54) is 13.8 Å². The van der Waals surface area contributed by atoms with E-state index in [0.29, 0.717) is 135 Å². The van der Waals surface area contributed by atoms with Crippen LogP contribution in [0.3, 0.4) is 0 Å². The van der Waals surface area contributed by atoms with Crippen molar-refractivity contribution in [3.8, 4) is 33.9 Å². The standard InChI is InChI=1S/C62H73Cl6N11O9/c1-38-55(76-78(52-25-23-46(65)35-48(52)67)57(38)42-15-19-44(63)20-16-42)61(85)72-29-10-6-5-9-28-70-59(83)51(75-41(4)81)14-8-12-30-71-60(84)50(74-40(3)80)13-7-11-27-69-54(82)37-88-34-33-87-32-31-73-62(86)56-39(2)58(43-17-21-45(64)22-18-43)79(77-56)53-26-24-47(66)36-49(53)68/h15-26,35-36,50-51H,5-14,27-34,37H2,1-4H3,(H,69,82)(H,70,83)(H,71,84)(H,72,85)(H,73,86)(H,74,80)(H,75,81)/t50-,51-/m0/s1. The molecular formula is C62H73Cl6N11O9. The first kappa shape index (κ1) is 70.3. The van der Waals surface area contributed by atoms with Gasteiger partial charge in [0.2, 0.25) is 29.5 Å². The van der Waals surface area contributed by atoms with Gasteiger partial charge in [0.25, 0.3) is 11.8 Å². The van der Waals surface area contributed by atoms with Gasteiger partial charge in [-0.1, -0.05) is 107 Å². The molecule has 0 bridgehead atoms. The van der Waals surface area contributed by atoms with Crippen LogP contribution in [0.4, 0.5) is 0 Å². The molecule has 88 heavy (non-hydrogen) atoms. The van der Waals surface area contributed by atoms with Crippen LogP contribution >= 0.6 is 69.6 Å². The van der Waals surface area contributed by atoms with Crippen LogP contribution in [-0.4, -0.2) is 132 Å². The molecule has 0 spiro atoms. The van der Waals surface area contributed by atoms with Gasteiger partial charge in [-0.05, 0) is 126 Å². The third-order valence-electron chi connectivity index (χ3n) is 13.9. The third-order valence-corrected chi connectivity index (χ3v) is 15.4. The van der Waals surface area contributed by atoms with Crippen molar-refractivity contribution in [2.45, 2.75) is 104 Å². The highest BCUT2D eigenvalue weighted by Gasteiger charge is 2.26. The van der Waals surface area contributed by atoms with E-state index in [2.05, 4.69) is 47.4 Å². The fourth-order valence-electron chi connectivity index (χ4n) is 9.49. The predicted octanol–water partition coefficient (Wildman–Crippen LogP) is 10.4. The Labute approximate surface area is 542 Å². The number of unbranched alkanes of at least 4 members (excludes halogenated alkanes) is 5. The van der Waals surface area contributed by atoms with Crippen LogP contribution in [0, 0.1) is 13.8 Å². The van der Waals surface area contributed by atoms with Crippen molar-refractivity contribution in [1.29, 1.82) is 0 Å². The molecule has 0 aliphatic rings. The smallest absolute Gasteiger partial charge is 0.272 e. The summed E-state index contributed by atoms with van der Waals surface area (Å²) in [6, 6.07) is 22.9. The SMILES string of the molecule is CC(=O)N[C@@H](CCCCNC(=O)COCCOCCNC(=O)c1nn(-c2ccc(Cl)cc2Cl)c(-c2ccc(Cl)cc2)c1C)C(=O)NCCCC[C@H](NC(C)=O)C(=O)NCCCCCCNC(=O)c1nn(-c2ccc(Cl)cc2Cl)c(-c2ccc(Cl)cc2)c1C. The average molecular weight is 1330 g/mol. The van der Waals surface area contributed by atoms with Crippen molar-refractivity contribution in [1.82, 2.24) is 56.8 Å². The number of aromatic nitrogens is 4. The van der Waals surface area contributed by atoms with Crippen LogP contribution in [0.25, 0.3) is 33.9 Å². The first-order chi connectivity index (χ1) is 42.2. The Balaban J connectivity index is 0.800. The van der Waals surface area contributed by atoms with Gasteiger partial charge in [0.1, 0.15) is 18.7 Å². The Morgan fingerprint density at radius 2 is 0.841 bits per heavy atom. The van der Waals surface area contributed by atoms with Crippen molar-refractivity contribution >= 4 is 111 Å². The number of hydrogen-bond donors (Lipinski definition) is 7. The summed E-state index contributed by atoms with van der Waals surface area (Å²) in [5.74, 6) is -2.42. The molecule has 7 amide bonds. The monoisotopic (exact) mass is 1330 g/mol.